The molecule has 3 heterocycles. The molecule has 6 heteroatoms. The second-order valence-corrected chi connectivity index (χ2v) is 7.56. The minimum absolute atomic E-state index is 0.118. The SMILES string of the molecule is C=C(c1cc2ccccc2cc1C)N1CCOC(c2cc(C)nc3ncnn23)C1. The Morgan fingerprint density at radius 3 is 2.76 bits per heavy atom. The lowest BCUT2D eigenvalue weighted by Crippen LogP contribution is -2.37. The van der Waals surface area contributed by atoms with Crippen molar-refractivity contribution < 1.29 is 4.74 Å². The highest BCUT2D eigenvalue weighted by Gasteiger charge is 2.26. The Hall–Kier alpha value is -3.25. The number of nitrogens with zero attached hydrogens (tertiary/aromatic N) is 5. The molecule has 0 aliphatic carbocycles. The molecule has 1 fully saturated rings. The Morgan fingerprint density at radius 2 is 1.93 bits per heavy atom. The lowest BCUT2D eigenvalue weighted by molar-refractivity contribution is -0.0136. The van der Waals surface area contributed by atoms with Gasteiger partial charge in [0.1, 0.15) is 12.4 Å². The molecule has 29 heavy (non-hydrogen) atoms. The average Bonchev–Trinajstić information content (AvgIpc) is 3.20. The van der Waals surface area contributed by atoms with Crippen molar-refractivity contribution in [1.82, 2.24) is 24.5 Å². The summed E-state index contributed by atoms with van der Waals surface area (Å²) in [6, 6.07) is 14.9. The van der Waals surface area contributed by atoms with Gasteiger partial charge in [-0.3, -0.25) is 0 Å². The van der Waals surface area contributed by atoms with Crippen LogP contribution >= 0.6 is 0 Å². The Morgan fingerprint density at radius 1 is 1.14 bits per heavy atom. The van der Waals surface area contributed by atoms with E-state index < -0.39 is 0 Å². The summed E-state index contributed by atoms with van der Waals surface area (Å²) >= 11 is 0. The van der Waals surface area contributed by atoms with Gasteiger partial charge in [-0.05, 0) is 42.3 Å². The summed E-state index contributed by atoms with van der Waals surface area (Å²) in [6.07, 6.45) is 1.41. The van der Waals surface area contributed by atoms with Gasteiger partial charge in [0.15, 0.2) is 0 Å². The highest BCUT2D eigenvalue weighted by atomic mass is 16.5. The van der Waals surface area contributed by atoms with Crippen molar-refractivity contribution in [1.29, 1.82) is 0 Å². The number of hydrogen-bond acceptors (Lipinski definition) is 5. The average molecular weight is 385 g/mol. The highest BCUT2D eigenvalue weighted by molar-refractivity contribution is 5.87. The van der Waals surface area contributed by atoms with E-state index in [4.69, 9.17) is 4.74 Å². The van der Waals surface area contributed by atoms with Crippen molar-refractivity contribution in [3.63, 3.8) is 0 Å². The summed E-state index contributed by atoms with van der Waals surface area (Å²) in [5.41, 5.74) is 5.32. The fourth-order valence-electron chi connectivity index (χ4n) is 4.10. The van der Waals surface area contributed by atoms with Gasteiger partial charge in [0.25, 0.3) is 5.78 Å². The molecule has 1 atom stereocenters. The zero-order valence-corrected chi connectivity index (χ0v) is 16.7. The van der Waals surface area contributed by atoms with E-state index in [1.807, 2.05) is 13.0 Å². The Bertz CT molecular complexity index is 1230. The zero-order chi connectivity index (χ0) is 20.0. The van der Waals surface area contributed by atoms with Crippen molar-refractivity contribution in [3.8, 4) is 0 Å². The second-order valence-electron chi connectivity index (χ2n) is 7.56. The first-order chi connectivity index (χ1) is 14.1. The number of aromatic nitrogens is 4. The lowest BCUT2D eigenvalue weighted by atomic mass is 9.99. The van der Waals surface area contributed by atoms with Gasteiger partial charge in [0, 0.05) is 30.0 Å². The standard InChI is InChI=1S/C23H23N5O/c1-15-10-18-6-4-5-7-19(18)12-20(15)17(3)27-8-9-29-22(13-27)21-11-16(2)26-23-24-14-25-28(21)23/h4-7,10-12,14,22H,3,8-9,13H2,1-2H3. The van der Waals surface area contributed by atoms with Crippen LogP contribution in [0.4, 0.5) is 0 Å². The minimum atomic E-state index is -0.118. The molecule has 6 nitrogen and oxygen atoms in total. The first-order valence-electron chi connectivity index (χ1n) is 9.82. The van der Waals surface area contributed by atoms with Crippen LogP contribution in [-0.2, 0) is 4.74 Å². The van der Waals surface area contributed by atoms with Gasteiger partial charge >= 0.3 is 0 Å². The van der Waals surface area contributed by atoms with Gasteiger partial charge in [-0.1, -0.05) is 36.9 Å². The Balaban J connectivity index is 1.47. The molecule has 1 aliphatic rings. The fraction of sp³-hybridized carbons (Fsp3) is 0.261. The highest BCUT2D eigenvalue weighted by Crippen LogP contribution is 2.31. The molecule has 0 spiro atoms. The van der Waals surface area contributed by atoms with Gasteiger partial charge in [-0.25, -0.2) is 4.98 Å². The normalized spacial score (nSPS) is 17.2. The second kappa shape index (κ2) is 6.97. The maximum Gasteiger partial charge on any atom is 0.252 e. The number of benzene rings is 2. The van der Waals surface area contributed by atoms with E-state index in [0.29, 0.717) is 18.9 Å². The Labute approximate surface area is 169 Å². The lowest BCUT2D eigenvalue weighted by Gasteiger charge is -2.36. The predicted molar refractivity (Wildman–Crippen MR) is 114 cm³/mol. The van der Waals surface area contributed by atoms with E-state index in [1.54, 1.807) is 4.52 Å². The van der Waals surface area contributed by atoms with Crippen LogP contribution in [0.2, 0.25) is 0 Å². The van der Waals surface area contributed by atoms with Gasteiger partial charge in [0.2, 0.25) is 0 Å². The molecular weight excluding hydrogens is 362 g/mol. The van der Waals surface area contributed by atoms with Crippen LogP contribution in [-0.4, -0.2) is 44.2 Å². The van der Waals surface area contributed by atoms with Crippen LogP contribution < -0.4 is 0 Å². The minimum Gasteiger partial charge on any atom is -0.368 e. The maximum absolute atomic E-state index is 6.11. The molecule has 4 aromatic rings. The monoisotopic (exact) mass is 385 g/mol. The van der Waals surface area contributed by atoms with Gasteiger partial charge in [-0.15, -0.1) is 0 Å². The quantitative estimate of drug-likeness (QED) is 0.535. The van der Waals surface area contributed by atoms with Crippen LogP contribution in [0.3, 0.4) is 0 Å². The van der Waals surface area contributed by atoms with Gasteiger partial charge in [0.05, 0.1) is 12.3 Å². The van der Waals surface area contributed by atoms with Gasteiger partial charge < -0.3 is 9.64 Å². The smallest absolute Gasteiger partial charge is 0.252 e. The third-order valence-corrected chi connectivity index (χ3v) is 5.59. The number of aryl methyl sites for hydroxylation is 2. The van der Waals surface area contributed by atoms with E-state index in [1.165, 1.54) is 28.2 Å². The summed E-state index contributed by atoms with van der Waals surface area (Å²) in [5, 5.41) is 6.82. The molecule has 146 valence electrons. The van der Waals surface area contributed by atoms with Crippen molar-refractivity contribution in [2.75, 3.05) is 19.7 Å². The predicted octanol–water partition coefficient (Wildman–Crippen LogP) is 3.94. The fourth-order valence-corrected chi connectivity index (χ4v) is 4.10. The van der Waals surface area contributed by atoms with E-state index in [0.717, 1.165) is 23.6 Å². The number of morpholine rings is 1. The summed E-state index contributed by atoms with van der Waals surface area (Å²) in [7, 11) is 0. The Kier molecular flexibility index (Phi) is 4.28. The molecule has 1 unspecified atom stereocenters. The number of rotatable bonds is 3. The number of fused-ring (bicyclic) bond motifs is 2. The largest absolute Gasteiger partial charge is 0.368 e. The third kappa shape index (κ3) is 3.15. The van der Waals surface area contributed by atoms with E-state index >= 15 is 0 Å². The molecule has 5 rings (SSSR count). The van der Waals surface area contributed by atoms with Crippen molar-refractivity contribution in [3.05, 3.63) is 77.9 Å². The number of ether oxygens (including phenoxy) is 1. The summed E-state index contributed by atoms with van der Waals surface area (Å²) in [6.45, 7) is 10.7. The van der Waals surface area contributed by atoms with Gasteiger partial charge in [-0.2, -0.15) is 14.6 Å². The van der Waals surface area contributed by atoms with Crippen LogP contribution in [0, 0.1) is 13.8 Å². The molecule has 0 N–H and O–H groups in total. The molecule has 0 saturated carbocycles. The van der Waals surface area contributed by atoms with Crippen molar-refractivity contribution in [2.24, 2.45) is 0 Å². The van der Waals surface area contributed by atoms with Crippen LogP contribution in [0.25, 0.3) is 22.2 Å². The molecule has 2 aromatic heterocycles. The molecule has 0 amide bonds. The van der Waals surface area contributed by atoms with Crippen LogP contribution in [0.15, 0.2) is 55.4 Å². The maximum atomic E-state index is 6.11. The molecular formula is C23H23N5O. The molecule has 1 aliphatic heterocycles. The summed E-state index contributed by atoms with van der Waals surface area (Å²) in [4.78, 5) is 11.0. The van der Waals surface area contributed by atoms with E-state index in [9.17, 15) is 0 Å². The summed E-state index contributed by atoms with van der Waals surface area (Å²) < 4.78 is 7.88. The third-order valence-electron chi connectivity index (χ3n) is 5.59. The molecule has 2 aromatic carbocycles. The first-order valence-corrected chi connectivity index (χ1v) is 9.82. The van der Waals surface area contributed by atoms with Crippen LogP contribution in [0.5, 0.6) is 0 Å². The molecule has 0 radical (unpaired) electrons. The molecule has 1 saturated heterocycles. The van der Waals surface area contributed by atoms with Crippen molar-refractivity contribution >= 4 is 22.2 Å². The van der Waals surface area contributed by atoms with E-state index in [2.05, 4.69) is 69.9 Å². The first kappa shape index (κ1) is 17.8. The van der Waals surface area contributed by atoms with Crippen LogP contribution in [0.1, 0.15) is 28.6 Å². The molecule has 0 bridgehead atoms. The summed E-state index contributed by atoms with van der Waals surface area (Å²) in [5.74, 6) is 0.602. The van der Waals surface area contributed by atoms with Crippen molar-refractivity contribution in [2.45, 2.75) is 20.0 Å². The number of hydrogen-bond donors (Lipinski definition) is 0. The van der Waals surface area contributed by atoms with E-state index in [-0.39, 0.29) is 6.10 Å². The zero-order valence-electron chi connectivity index (χ0n) is 16.7. The topological polar surface area (TPSA) is 55.5 Å².